The van der Waals surface area contributed by atoms with E-state index in [0.717, 1.165) is 38.1 Å². The summed E-state index contributed by atoms with van der Waals surface area (Å²) in [5, 5.41) is 12.5. The number of aromatic nitrogens is 3. The molecule has 6 nitrogen and oxygen atoms in total. The maximum atomic E-state index is 13.9. The van der Waals surface area contributed by atoms with Crippen molar-refractivity contribution in [2.24, 2.45) is 5.41 Å². The van der Waals surface area contributed by atoms with Gasteiger partial charge >= 0.3 is 6.18 Å². The highest BCUT2D eigenvalue weighted by molar-refractivity contribution is 5.93. The zero-order valence-corrected chi connectivity index (χ0v) is 14.6. The number of hydrogen-bond donors (Lipinski definition) is 2. The molecule has 0 spiro atoms. The molecule has 1 aliphatic heterocycles. The summed E-state index contributed by atoms with van der Waals surface area (Å²) in [4.78, 5) is 12.4. The first-order valence-corrected chi connectivity index (χ1v) is 8.48. The third kappa shape index (κ3) is 4.10. The largest absolute Gasteiger partial charge is 0.435 e. The van der Waals surface area contributed by atoms with E-state index < -0.39 is 35.0 Å². The minimum atomic E-state index is -4.93. The van der Waals surface area contributed by atoms with E-state index >= 15 is 0 Å². The summed E-state index contributed by atoms with van der Waals surface area (Å²) in [6, 6.07) is 4.86. The Kier molecular flexibility index (Phi) is 5.18. The van der Waals surface area contributed by atoms with E-state index in [-0.39, 0.29) is 12.0 Å². The molecule has 0 aliphatic carbocycles. The second-order valence-corrected chi connectivity index (χ2v) is 6.89. The molecule has 1 saturated heterocycles. The van der Waals surface area contributed by atoms with Crippen LogP contribution in [-0.4, -0.2) is 40.5 Å². The number of carbonyl (C=O) groups is 1. The van der Waals surface area contributed by atoms with Gasteiger partial charge in [0.1, 0.15) is 11.5 Å². The first-order chi connectivity index (χ1) is 12.7. The van der Waals surface area contributed by atoms with Crippen LogP contribution in [0.5, 0.6) is 0 Å². The minimum absolute atomic E-state index is 0.208. The number of benzene rings is 1. The quantitative estimate of drug-likeness (QED) is 0.794. The minimum Gasteiger partial charge on any atom is -0.350 e. The van der Waals surface area contributed by atoms with Crippen LogP contribution >= 0.6 is 0 Å². The van der Waals surface area contributed by atoms with Gasteiger partial charge < -0.3 is 10.6 Å². The van der Waals surface area contributed by atoms with Gasteiger partial charge in [-0.3, -0.25) is 4.79 Å². The molecule has 0 bridgehead atoms. The average Bonchev–Trinajstić information content (AvgIpc) is 3.06. The van der Waals surface area contributed by atoms with Crippen molar-refractivity contribution in [3.05, 3.63) is 41.5 Å². The van der Waals surface area contributed by atoms with E-state index in [4.69, 9.17) is 0 Å². The number of halogens is 4. The van der Waals surface area contributed by atoms with Crippen LogP contribution in [0.2, 0.25) is 0 Å². The number of piperidine rings is 1. The smallest absolute Gasteiger partial charge is 0.350 e. The van der Waals surface area contributed by atoms with E-state index in [1.54, 1.807) is 0 Å². The highest BCUT2D eigenvalue weighted by Crippen LogP contribution is 2.33. The first-order valence-electron chi connectivity index (χ1n) is 8.48. The van der Waals surface area contributed by atoms with Crippen LogP contribution in [0, 0.1) is 11.2 Å². The molecule has 1 amide bonds. The van der Waals surface area contributed by atoms with E-state index in [1.165, 1.54) is 12.1 Å². The van der Waals surface area contributed by atoms with Crippen molar-refractivity contribution in [3.63, 3.8) is 0 Å². The van der Waals surface area contributed by atoms with Gasteiger partial charge in [0.25, 0.3) is 5.91 Å². The third-order valence-electron chi connectivity index (χ3n) is 4.72. The Labute approximate surface area is 152 Å². The Balaban J connectivity index is 1.89. The van der Waals surface area contributed by atoms with Crippen molar-refractivity contribution < 1.29 is 22.4 Å². The van der Waals surface area contributed by atoms with Gasteiger partial charge in [-0.2, -0.15) is 13.2 Å². The molecule has 0 radical (unpaired) electrons. The fraction of sp³-hybridized carbons (Fsp3) is 0.471. The lowest BCUT2D eigenvalue weighted by molar-refractivity contribution is -0.143. The highest BCUT2D eigenvalue weighted by Gasteiger charge is 2.42. The maximum absolute atomic E-state index is 13.9. The average molecular weight is 385 g/mol. The number of para-hydroxylation sites is 1. The summed E-state index contributed by atoms with van der Waals surface area (Å²) in [5.74, 6) is -1.88. The molecule has 27 heavy (non-hydrogen) atoms. The molecular formula is C17H19F4N5O. The van der Waals surface area contributed by atoms with Crippen LogP contribution in [0.25, 0.3) is 5.69 Å². The molecular weight excluding hydrogens is 366 g/mol. The first kappa shape index (κ1) is 19.3. The Morgan fingerprint density at radius 2 is 1.96 bits per heavy atom. The van der Waals surface area contributed by atoms with E-state index in [9.17, 15) is 22.4 Å². The summed E-state index contributed by atoms with van der Waals surface area (Å²) in [7, 11) is 0. The van der Waals surface area contributed by atoms with Gasteiger partial charge in [-0.1, -0.05) is 24.3 Å². The van der Waals surface area contributed by atoms with Crippen LogP contribution in [0.1, 0.15) is 35.9 Å². The van der Waals surface area contributed by atoms with Crippen molar-refractivity contribution in [1.29, 1.82) is 0 Å². The highest BCUT2D eigenvalue weighted by atomic mass is 19.4. The monoisotopic (exact) mass is 385 g/mol. The molecule has 1 aromatic heterocycles. The van der Waals surface area contributed by atoms with Gasteiger partial charge in [0, 0.05) is 6.54 Å². The van der Waals surface area contributed by atoms with Crippen LogP contribution in [0.15, 0.2) is 24.3 Å². The molecule has 0 unspecified atom stereocenters. The van der Waals surface area contributed by atoms with Crippen molar-refractivity contribution in [2.75, 3.05) is 19.6 Å². The number of nitrogens with one attached hydrogen (secondary N) is 2. The molecule has 1 aromatic carbocycles. The normalized spacial score (nSPS) is 16.9. The van der Waals surface area contributed by atoms with Crippen LogP contribution in [-0.2, 0) is 6.18 Å². The second kappa shape index (κ2) is 7.26. The zero-order chi connectivity index (χ0) is 19.7. The number of alkyl halides is 3. The molecule has 1 fully saturated rings. The standard InChI is InChI=1S/C17H19F4N5O/c1-16(6-8-22-9-7-16)10-23-15(27)13-14(17(19,20)21)26(25-24-13)12-5-3-2-4-11(12)18/h2-5,22H,6-10H2,1H3,(H,23,27). The van der Waals surface area contributed by atoms with Crippen molar-refractivity contribution in [2.45, 2.75) is 25.9 Å². The van der Waals surface area contributed by atoms with E-state index in [2.05, 4.69) is 20.9 Å². The lowest BCUT2D eigenvalue weighted by Gasteiger charge is -2.34. The third-order valence-corrected chi connectivity index (χ3v) is 4.72. The van der Waals surface area contributed by atoms with Crippen LogP contribution < -0.4 is 10.6 Å². The van der Waals surface area contributed by atoms with Crippen molar-refractivity contribution >= 4 is 5.91 Å². The topological polar surface area (TPSA) is 71.8 Å². The molecule has 2 heterocycles. The summed E-state index contributed by atoms with van der Waals surface area (Å²) < 4.78 is 55.0. The molecule has 2 aromatic rings. The Hall–Kier alpha value is -2.49. The van der Waals surface area contributed by atoms with Crippen LogP contribution in [0.3, 0.4) is 0 Å². The van der Waals surface area contributed by atoms with Gasteiger partial charge in [0.15, 0.2) is 11.4 Å². The number of nitrogens with zero attached hydrogens (tertiary/aromatic N) is 3. The predicted molar refractivity (Wildman–Crippen MR) is 88.9 cm³/mol. The molecule has 0 saturated carbocycles. The molecule has 0 atom stereocenters. The molecule has 3 rings (SSSR count). The summed E-state index contributed by atoms with van der Waals surface area (Å²) >= 11 is 0. The number of rotatable bonds is 4. The van der Waals surface area contributed by atoms with Gasteiger partial charge in [-0.05, 0) is 43.5 Å². The molecule has 1 aliphatic rings. The van der Waals surface area contributed by atoms with Crippen molar-refractivity contribution in [1.82, 2.24) is 25.6 Å². The predicted octanol–water partition coefficient (Wildman–Crippen LogP) is 2.54. The fourth-order valence-corrected chi connectivity index (χ4v) is 3.07. The van der Waals surface area contributed by atoms with Crippen molar-refractivity contribution in [3.8, 4) is 5.69 Å². The van der Waals surface area contributed by atoms with Gasteiger partial charge in [-0.15, -0.1) is 5.10 Å². The summed E-state index contributed by atoms with van der Waals surface area (Å²) in [5.41, 5.74) is -2.91. The van der Waals surface area contributed by atoms with Crippen LogP contribution in [0.4, 0.5) is 17.6 Å². The number of amides is 1. The maximum Gasteiger partial charge on any atom is 0.435 e. The Morgan fingerprint density at radius 1 is 1.30 bits per heavy atom. The molecule has 10 heteroatoms. The Bertz CT molecular complexity index is 827. The number of hydrogen-bond acceptors (Lipinski definition) is 4. The SMILES string of the molecule is CC1(CNC(=O)c2nnn(-c3ccccc3F)c2C(F)(F)F)CCNCC1. The summed E-state index contributed by atoms with van der Waals surface area (Å²) in [6.45, 7) is 3.75. The number of carbonyl (C=O) groups excluding carboxylic acids is 1. The second-order valence-electron chi connectivity index (χ2n) is 6.89. The van der Waals surface area contributed by atoms with E-state index in [1.807, 2.05) is 6.92 Å². The Morgan fingerprint density at radius 3 is 2.59 bits per heavy atom. The lowest BCUT2D eigenvalue weighted by Crippen LogP contribution is -2.43. The van der Waals surface area contributed by atoms with Gasteiger partial charge in [0.05, 0.1) is 0 Å². The fourth-order valence-electron chi connectivity index (χ4n) is 3.07. The zero-order valence-electron chi connectivity index (χ0n) is 14.6. The van der Waals surface area contributed by atoms with Gasteiger partial charge in [0.2, 0.25) is 0 Å². The van der Waals surface area contributed by atoms with Gasteiger partial charge in [-0.25, -0.2) is 9.07 Å². The van der Waals surface area contributed by atoms with E-state index in [0.29, 0.717) is 4.68 Å². The summed E-state index contributed by atoms with van der Waals surface area (Å²) in [6.07, 6.45) is -3.35. The lowest BCUT2D eigenvalue weighted by atomic mass is 9.81. The molecule has 2 N–H and O–H groups in total. The molecule has 146 valence electrons.